The highest BCUT2D eigenvalue weighted by Gasteiger charge is 2.26. The first-order valence-electron chi connectivity index (χ1n) is 8.39. The first-order chi connectivity index (χ1) is 11.6. The molecule has 1 aliphatic heterocycles. The van der Waals surface area contributed by atoms with Crippen molar-refractivity contribution in [2.24, 2.45) is 0 Å². The third kappa shape index (κ3) is 2.78. The maximum absolute atomic E-state index is 12.4. The maximum Gasteiger partial charge on any atom is 0.259 e. The molecule has 1 aliphatic rings. The summed E-state index contributed by atoms with van der Waals surface area (Å²) < 4.78 is 1.69. The number of likely N-dealkylation sites (tertiary alicyclic amines) is 1. The lowest BCUT2D eigenvalue weighted by Crippen LogP contribution is -2.25. The molecule has 0 amide bonds. The van der Waals surface area contributed by atoms with E-state index < -0.39 is 0 Å². The van der Waals surface area contributed by atoms with Crippen LogP contribution < -0.4 is 5.56 Å². The van der Waals surface area contributed by atoms with Crippen LogP contribution in [0.15, 0.2) is 40.5 Å². The summed E-state index contributed by atoms with van der Waals surface area (Å²) in [5.74, 6) is 0. The lowest BCUT2D eigenvalue weighted by Gasteiger charge is -2.24. The van der Waals surface area contributed by atoms with Gasteiger partial charge in [-0.3, -0.25) is 14.1 Å². The predicted octanol–water partition coefficient (Wildman–Crippen LogP) is 3.71. The van der Waals surface area contributed by atoms with Gasteiger partial charge in [-0.1, -0.05) is 29.8 Å². The summed E-state index contributed by atoms with van der Waals surface area (Å²) >= 11 is 1.53. The van der Waals surface area contributed by atoms with Crippen LogP contribution in [0.5, 0.6) is 0 Å². The average molecular weight is 339 g/mol. The van der Waals surface area contributed by atoms with Gasteiger partial charge in [0.1, 0.15) is 0 Å². The molecule has 0 spiro atoms. The largest absolute Gasteiger partial charge is 0.291 e. The molecular weight excluding hydrogens is 318 g/mol. The molecule has 2 aromatic heterocycles. The van der Waals surface area contributed by atoms with E-state index in [0.717, 1.165) is 29.4 Å². The van der Waals surface area contributed by atoms with E-state index in [-0.39, 0.29) is 5.56 Å². The van der Waals surface area contributed by atoms with Crippen molar-refractivity contribution in [3.8, 4) is 0 Å². The normalized spacial score (nSPS) is 18.5. The lowest BCUT2D eigenvalue weighted by molar-refractivity contribution is 0.245. The summed E-state index contributed by atoms with van der Waals surface area (Å²) in [7, 11) is 0. The van der Waals surface area contributed by atoms with Crippen molar-refractivity contribution in [1.82, 2.24) is 14.3 Å². The lowest BCUT2D eigenvalue weighted by atomic mass is 10.0. The standard InChI is InChI=1S/C19H21N3OS/c1-13-5-3-6-15(9-13)17-7-4-8-21(17)11-16-10-18(23)22-14(2)12-24-19(22)20-16/h3,5-6,9-10,12,17H,4,7-8,11H2,1-2H3/t17-/m1/s1. The maximum atomic E-state index is 12.4. The molecule has 24 heavy (non-hydrogen) atoms. The molecule has 3 heterocycles. The quantitative estimate of drug-likeness (QED) is 0.730. The Balaban J connectivity index is 1.63. The Morgan fingerprint density at radius 3 is 3.00 bits per heavy atom. The Hall–Kier alpha value is -1.98. The van der Waals surface area contributed by atoms with Gasteiger partial charge < -0.3 is 0 Å². The number of fused-ring (bicyclic) bond motifs is 1. The Bertz CT molecular complexity index is 943. The van der Waals surface area contributed by atoms with Crippen LogP contribution in [0, 0.1) is 13.8 Å². The molecule has 0 radical (unpaired) electrons. The average Bonchev–Trinajstić information content (AvgIpc) is 3.15. The Morgan fingerprint density at radius 1 is 1.29 bits per heavy atom. The van der Waals surface area contributed by atoms with Gasteiger partial charge in [-0.05, 0) is 38.8 Å². The minimum Gasteiger partial charge on any atom is -0.291 e. The molecule has 0 saturated carbocycles. The fourth-order valence-corrected chi connectivity index (χ4v) is 4.55. The minimum atomic E-state index is 0.0278. The van der Waals surface area contributed by atoms with Crippen LogP contribution in [0.2, 0.25) is 0 Å². The van der Waals surface area contributed by atoms with Crippen LogP contribution in [-0.4, -0.2) is 20.8 Å². The molecule has 0 bridgehead atoms. The van der Waals surface area contributed by atoms with Crippen LogP contribution in [-0.2, 0) is 6.54 Å². The number of aryl methyl sites for hydroxylation is 2. The Morgan fingerprint density at radius 2 is 2.17 bits per heavy atom. The number of nitrogens with zero attached hydrogens (tertiary/aromatic N) is 3. The van der Waals surface area contributed by atoms with E-state index in [0.29, 0.717) is 6.04 Å². The van der Waals surface area contributed by atoms with E-state index >= 15 is 0 Å². The Kier molecular flexibility index (Phi) is 3.98. The van der Waals surface area contributed by atoms with Crippen molar-refractivity contribution in [3.63, 3.8) is 0 Å². The summed E-state index contributed by atoms with van der Waals surface area (Å²) in [4.78, 5) is 20.3. The summed E-state index contributed by atoms with van der Waals surface area (Å²) in [6, 6.07) is 10.9. The molecule has 1 atom stereocenters. The Labute approximate surface area is 145 Å². The highest BCUT2D eigenvalue weighted by atomic mass is 32.1. The predicted molar refractivity (Wildman–Crippen MR) is 97.6 cm³/mol. The summed E-state index contributed by atoms with van der Waals surface area (Å²) in [6.07, 6.45) is 2.36. The number of rotatable bonds is 3. The zero-order valence-electron chi connectivity index (χ0n) is 14.0. The van der Waals surface area contributed by atoms with Crippen molar-refractivity contribution in [2.45, 2.75) is 39.3 Å². The molecular formula is C19H21N3OS. The molecule has 3 aromatic rings. The number of thiazole rings is 1. The van der Waals surface area contributed by atoms with Gasteiger partial charge in [0.15, 0.2) is 4.96 Å². The highest BCUT2D eigenvalue weighted by Crippen LogP contribution is 2.33. The summed E-state index contributed by atoms with van der Waals surface area (Å²) in [5, 5.41) is 1.99. The smallest absolute Gasteiger partial charge is 0.259 e. The van der Waals surface area contributed by atoms with Crippen molar-refractivity contribution in [1.29, 1.82) is 0 Å². The summed E-state index contributed by atoms with van der Waals surface area (Å²) in [6.45, 7) is 5.88. The van der Waals surface area contributed by atoms with Crippen LogP contribution in [0.1, 0.15) is 41.4 Å². The fourth-order valence-electron chi connectivity index (χ4n) is 3.66. The molecule has 1 saturated heterocycles. The van der Waals surface area contributed by atoms with Crippen molar-refractivity contribution in [2.75, 3.05) is 6.54 Å². The molecule has 0 N–H and O–H groups in total. The molecule has 0 aliphatic carbocycles. The van der Waals surface area contributed by atoms with Gasteiger partial charge in [-0.15, -0.1) is 11.3 Å². The van der Waals surface area contributed by atoms with E-state index in [4.69, 9.17) is 4.98 Å². The van der Waals surface area contributed by atoms with E-state index in [2.05, 4.69) is 36.1 Å². The zero-order chi connectivity index (χ0) is 16.7. The van der Waals surface area contributed by atoms with Gasteiger partial charge in [-0.25, -0.2) is 4.98 Å². The van der Waals surface area contributed by atoms with Crippen LogP contribution in [0.25, 0.3) is 4.96 Å². The van der Waals surface area contributed by atoms with Gasteiger partial charge >= 0.3 is 0 Å². The number of hydrogen-bond acceptors (Lipinski definition) is 4. The molecule has 4 rings (SSSR count). The first kappa shape index (κ1) is 15.5. The SMILES string of the molecule is Cc1cccc([C@H]2CCCN2Cc2cc(=O)n3c(C)csc3n2)c1. The van der Waals surface area contributed by atoms with Crippen molar-refractivity contribution < 1.29 is 0 Å². The van der Waals surface area contributed by atoms with E-state index in [9.17, 15) is 4.79 Å². The molecule has 124 valence electrons. The minimum absolute atomic E-state index is 0.0278. The van der Waals surface area contributed by atoms with Crippen LogP contribution in [0.3, 0.4) is 0 Å². The van der Waals surface area contributed by atoms with E-state index in [1.165, 1.54) is 35.3 Å². The van der Waals surface area contributed by atoms with E-state index in [1.807, 2.05) is 12.3 Å². The molecule has 4 nitrogen and oxygen atoms in total. The zero-order valence-corrected chi connectivity index (χ0v) is 14.8. The van der Waals surface area contributed by atoms with Crippen LogP contribution >= 0.6 is 11.3 Å². The molecule has 1 fully saturated rings. The van der Waals surface area contributed by atoms with Crippen molar-refractivity contribution >= 4 is 16.3 Å². The van der Waals surface area contributed by atoms with Gasteiger partial charge in [0.2, 0.25) is 0 Å². The fraction of sp³-hybridized carbons (Fsp3) is 0.368. The number of aromatic nitrogens is 2. The molecule has 0 unspecified atom stereocenters. The molecule has 5 heteroatoms. The highest BCUT2D eigenvalue weighted by molar-refractivity contribution is 7.15. The third-order valence-electron chi connectivity index (χ3n) is 4.78. The topological polar surface area (TPSA) is 37.6 Å². The van der Waals surface area contributed by atoms with Crippen LogP contribution in [0.4, 0.5) is 0 Å². The van der Waals surface area contributed by atoms with E-state index in [1.54, 1.807) is 10.5 Å². The summed E-state index contributed by atoms with van der Waals surface area (Å²) in [5.41, 5.74) is 4.53. The first-order valence-corrected chi connectivity index (χ1v) is 9.27. The second kappa shape index (κ2) is 6.15. The van der Waals surface area contributed by atoms with Gasteiger partial charge in [0.05, 0.1) is 5.69 Å². The second-order valence-electron chi connectivity index (χ2n) is 6.62. The second-order valence-corrected chi connectivity index (χ2v) is 7.46. The number of hydrogen-bond donors (Lipinski definition) is 0. The monoisotopic (exact) mass is 339 g/mol. The van der Waals surface area contributed by atoms with Gasteiger partial charge in [0.25, 0.3) is 5.56 Å². The van der Waals surface area contributed by atoms with Crippen molar-refractivity contribution in [3.05, 3.63) is 68.6 Å². The van der Waals surface area contributed by atoms with Gasteiger partial charge in [-0.2, -0.15) is 0 Å². The number of benzene rings is 1. The van der Waals surface area contributed by atoms with Gasteiger partial charge in [0, 0.05) is 29.7 Å². The molecule has 1 aromatic carbocycles. The third-order valence-corrected chi connectivity index (χ3v) is 5.73.